The van der Waals surface area contributed by atoms with E-state index in [9.17, 15) is 13.9 Å². The summed E-state index contributed by atoms with van der Waals surface area (Å²) in [5.41, 5.74) is 0.0206. The average Bonchev–Trinajstić information content (AvgIpc) is 2.76. The predicted molar refractivity (Wildman–Crippen MR) is 58.3 cm³/mol. The molecule has 1 atom stereocenters. The van der Waals surface area contributed by atoms with Gasteiger partial charge >= 0.3 is 0 Å². The van der Waals surface area contributed by atoms with Crippen LogP contribution < -0.4 is 0 Å². The van der Waals surface area contributed by atoms with Crippen molar-refractivity contribution in [1.29, 1.82) is 0 Å². The predicted octanol–water partition coefficient (Wildman–Crippen LogP) is 2.26. The first-order valence-electron chi connectivity index (χ1n) is 5.27. The molecular formula is C12H12F2N2O. The van der Waals surface area contributed by atoms with Crippen LogP contribution in [0.25, 0.3) is 0 Å². The Balaban J connectivity index is 2.40. The van der Waals surface area contributed by atoms with Crippen molar-refractivity contribution in [2.24, 2.45) is 0 Å². The van der Waals surface area contributed by atoms with Gasteiger partial charge in [0.1, 0.15) is 23.6 Å². The van der Waals surface area contributed by atoms with Gasteiger partial charge in [0.25, 0.3) is 0 Å². The second kappa shape index (κ2) is 4.63. The Morgan fingerprint density at radius 2 is 2.18 bits per heavy atom. The summed E-state index contributed by atoms with van der Waals surface area (Å²) in [6.45, 7) is 2.51. The Morgan fingerprint density at radius 3 is 2.82 bits per heavy atom. The second-order valence-corrected chi connectivity index (χ2v) is 3.64. The first-order valence-corrected chi connectivity index (χ1v) is 5.27. The third-order valence-electron chi connectivity index (χ3n) is 2.59. The van der Waals surface area contributed by atoms with Crippen LogP contribution in [-0.4, -0.2) is 14.7 Å². The topological polar surface area (TPSA) is 38.0 Å². The molecule has 2 rings (SSSR count). The molecule has 0 fully saturated rings. The van der Waals surface area contributed by atoms with Crippen LogP contribution in [0.3, 0.4) is 0 Å². The van der Waals surface area contributed by atoms with Gasteiger partial charge in [-0.15, -0.1) is 0 Å². The van der Waals surface area contributed by atoms with E-state index in [1.165, 1.54) is 12.3 Å². The first kappa shape index (κ1) is 11.7. The van der Waals surface area contributed by atoms with Crippen molar-refractivity contribution in [2.45, 2.75) is 19.6 Å². The lowest BCUT2D eigenvalue weighted by Crippen LogP contribution is -2.10. The van der Waals surface area contributed by atoms with E-state index in [0.29, 0.717) is 12.4 Å². The molecule has 0 saturated heterocycles. The largest absolute Gasteiger partial charge is 0.380 e. The maximum atomic E-state index is 13.5. The molecule has 0 saturated carbocycles. The Kier molecular flexibility index (Phi) is 3.19. The summed E-state index contributed by atoms with van der Waals surface area (Å²) >= 11 is 0. The Morgan fingerprint density at radius 1 is 1.41 bits per heavy atom. The molecule has 0 aliphatic rings. The van der Waals surface area contributed by atoms with Crippen LogP contribution >= 0.6 is 0 Å². The van der Waals surface area contributed by atoms with Gasteiger partial charge in [0.15, 0.2) is 0 Å². The molecule has 0 bridgehead atoms. The van der Waals surface area contributed by atoms with Gasteiger partial charge in [0, 0.05) is 30.6 Å². The number of aromatic nitrogens is 2. The molecule has 0 aliphatic heterocycles. The fraction of sp³-hybridized carbons (Fsp3) is 0.250. The van der Waals surface area contributed by atoms with Gasteiger partial charge in [-0.3, -0.25) is 0 Å². The molecule has 1 unspecified atom stereocenters. The van der Waals surface area contributed by atoms with Crippen molar-refractivity contribution in [1.82, 2.24) is 9.55 Å². The van der Waals surface area contributed by atoms with Crippen LogP contribution in [0.2, 0.25) is 0 Å². The quantitative estimate of drug-likeness (QED) is 0.890. The fourth-order valence-electron chi connectivity index (χ4n) is 1.70. The number of nitrogens with zero attached hydrogens (tertiary/aromatic N) is 2. The van der Waals surface area contributed by atoms with Gasteiger partial charge in [-0.25, -0.2) is 13.8 Å². The molecule has 0 radical (unpaired) electrons. The minimum Gasteiger partial charge on any atom is -0.380 e. The molecule has 0 spiro atoms. The zero-order chi connectivity index (χ0) is 12.4. The molecule has 3 nitrogen and oxygen atoms in total. The standard InChI is InChI=1S/C12H12F2N2O/c1-2-16-6-5-15-12(16)11(17)9-4-3-8(13)7-10(9)14/h3-7,11,17H,2H2,1H3. The van der Waals surface area contributed by atoms with Crippen molar-refractivity contribution in [3.8, 4) is 0 Å². The molecule has 0 amide bonds. The monoisotopic (exact) mass is 238 g/mol. The van der Waals surface area contributed by atoms with Crippen LogP contribution in [0.4, 0.5) is 8.78 Å². The number of aliphatic hydroxyl groups is 1. The van der Waals surface area contributed by atoms with Gasteiger partial charge in [0.2, 0.25) is 0 Å². The van der Waals surface area contributed by atoms with Crippen LogP contribution in [0.1, 0.15) is 24.4 Å². The van der Waals surface area contributed by atoms with Crippen LogP contribution in [0.15, 0.2) is 30.6 Å². The average molecular weight is 238 g/mol. The third-order valence-corrected chi connectivity index (χ3v) is 2.59. The minimum atomic E-state index is -1.19. The van der Waals surface area contributed by atoms with Gasteiger partial charge in [-0.2, -0.15) is 0 Å². The molecule has 17 heavy (non-hydrogen) atoms. The fourth-order valence-corrected chi connectivity index (χ4v) is 1.70. The lowest BCUT2D eigenvalue weighted by molar-refractivity contribution is 0.199. The summed E-state index contributed by atoms with van der Waals surface area (Å²) in [5.74, 6) is -1.10. The van der Waals surface area contributed by atoms with Crippen LogP contribution in [-0.2, 0) is 6.54 Å². The van der Waals surface area contributed by atoms with E-state index < -0.39 is 17.7 Å². The highest BCUT2D eigenvalue weighted by Gasteiger charge is 2.19. The molecule has 1 N–H and O–H groups in total. The third kappa shape index (κ3) is 2.19. The summed E-state index contributed by atoms with van der Waals surface area (Å²) in [7, 11) is 0. The zero-order valence-corrected chi connectivity index (χ0v) is 9.27. The van der Waals surface area contributed by atoms with Gasteiger partial charge in [-0.1, -0.05) is 6.07 Å². The number of aliphatic hydroxyl groups excluding tert-OH is 1. The van der Waals surface area contributed by atoms with Crippen molar-refractivity contribution < 1.29 is 13.9 Å². The summed E-state index contributed by atoms with van der Waals surface area (Å²) < 4.78 is 27.9. The highest BCUT2D eigenvalue weighted by atomic mass is 19.1. The number of halogens is 2. The minimum absolute atomic E-state index is 0.0206. The Labute approximate surface area is 97.3 Å². The van der Waals surface area contributed by atoms with E-state index in [1.807, 2.05) is 6.92 Å². The molecule has 1 heterocycles. The highest BCUT2D eigenvalue weighted by molar-refractivity contribution is 5.25. The van der Waals surface area contributed by atoms with Crippen molar-refractivity contribution in [2.75, 3.05) is 0 Å². The van der Waals surface area contributed by atoms with Crippen LogP contribution in [0, 0.1) is 11.6 Å². The molecule has 0 aliphatic carbocycles. The molecule has 1 aromatic carbocycles. The molecule has 5 heteroatoms. The Hall–Kier alpha value is -1.75. The van der Waals surface area contributed by atoms with Gasteiger partial charge in [0.05, 0.1) is 0 Å². The number of aryl methyl sites for hydroxylation is 1. The smallest absolute Gasteiger partial charge is 0.142 e. The second-order valence-electron chi connectivity index (χ2n) is 3.64. The van der Waals surface area contributed by atoms with Crippen molar-refractivity contribution >= 4 is 0 Å². The summed E-state index contributed by atoms with van der Waals surface area (Å²) in [6, 6.07) is 3.09. The zero-order valence-electron chi connectivity index (χ0n) is 9.27. The van der Waals surface area contributed by atoms with E-state index in [0.717, 1.165) is 12.1 Å². The number of benzene rings is 1. The maximum Gasteiger partial charge on any atom is 0.142 e. The van der Waals surface area contributed by atoms with Gasteiger partial charge < -0.3 is 9.67 Å². The molecule has 2 aromatic rings. The molecule has 1 aromatic heterocycles. The number of imidazole rings is 1. The summed E-state index contributed by atoms with van der Waals surface area (Å²) in [5, 5.41) is 10.0. The highest BCUT2D eigenvalue weighted by Crippen LogP contribution is 2.23. The lowest BCUT2D eigenvalue weighted by Gasteiger charge is -2.13. The number of rotatable bonds is 3. The molecule has 90 valence electrons. The lowest BCUT2D eigenvalue weighted by atomic mass is 10.1. The van der Waals surface area contributed by atoms with Crippen LogP contribution in [0.5, 0.6) is 0 Å². The summed E-state index contributed by atoms with van der Waals surface area (Å²) in [6.07, 6.45) is 2.04. The van der Waals surface area contributed by atoms with Crippen molar-refractivity contribution in [3.63, 3.8) is 0 Å². The van der Waals surface area contributed by atoms with E-state index >= 15 is 0 Å². The number of hydrogen-bond acceptors (Lipinski definition) is 2. The van der Waals surface area contributed by atoms with Gasteiger partial charge in [-0.05, 0) is 13.0 Å². The van der Waals surface area contributed by atoms with E-state index in [1.54, 1.807) is 10.8 Å². The molecular weight excluding hydrogens is 226 g/mol. The van der Waals surface area contributed by atoms with E-state index in [-0.39, 0.29) is 5.56 Å². The first-order chi connectivity index (χ1) is 8.13. The van der Waals surface area contributed by atoms with E-state index in [4.69, 9.17) is 0 Å². The Bertz CT molecular complexity index is 525. The normalized spacial score (nSPS) is 12.7. The van der Waals surface area contributed by atoms with Crippen molar-refractivity contribution in [3.05, 3.63) is 53.6 Å². The maximum absolute atomic E-state index is 13.5. The SMILES string of the molecule is CCn1ccnc1C(O)c1ccc(F)cc1F. The van der Waals surface area contributed by atoms with E-state index in [2.05, 4.69) is 4.98 Å². The number of hydrogen-bond donors (Lipinski definition) is 1. The summed E-state index contributed by atoms with van der Waals surface area (Å²) in [4.78, 5) is 3.98.